The number of esters is 1. The lowest BCUT2D eigenvalue weighted by Crippen LogP contribution is -2.23. The van der Waals surface area contributed by atoms with Gasteiger partial charge in [0.15, 0.2) is 11.4 Å². The Morgan fingerprint density at radius 1 is 1.06 bits per heavy atom. The maximum atomic E-state index is 12.5. The summed E-state index contributed by atoms with van der Waals surface area (Å²) in [4.78, 5) is 29.0. The SMILES string of the molecule is CCCCc1ccc2c(c1)sc(=NC(=O)COc1ccc(OC)cc1)n2CC(=O)OC. The van der Waals surface area contributed by atoms with E-state index >= 15 is 0 Å². The van der Waals surface area contributed by atoms with Crippen LogP contribution in [0.15, 0.2) is 47.5 Å². The van der Waals surface area contributed by atoms with E-state index in [2.05, 4.69) is 24.0 Å². The summed E-state index contributed by atoms with van der Waals surface area (Å²) in [6, 6.07) is 13.1. The van der Waals surface area contributed by atoms with Crippen LogP contribution in [0.2, 0.25) is 0 Å². The number of rotatable bonds is 9. The van der Waals surface area contributed by atoms with Gasteiger partial charge in [0.05, 0.1) is 24.4 Å². The average Bonchev–Trinajstić information content (AvgIpc) is 3.12. The van der Waals surface area contributed by atoms with Crippen molar-refractivity contribution in [3.05, 3.63) is 52.8 Å². The monoisotopic (exact) mass is 442 g/mol. The van der Waals surface area contributed by atoms with E-state index in [-0.39, 0.29) is 13.2 Å². The second-order valence-corrected chi connectivity index (χ2v) is 7.93. The summed E-state index contributed by atoms with van der Waals surface area (Å²) in [6.45, 7) is 1.93. The molecule has 1 aromatic heterocycles. The number of aromatic nitrogens is 1. The Morgan fingerprint density at radius 3 is 2.48 bits per heavy atom. The molecule has 0 atom stereocenters. The molecule has 0 saturated heterocycles. The van der Waals surface area contributed by atoms with Crippen molar-refractivity contribution in [2.45, 2.75) is 32.7 Å². The number of amides is 1. The van der Waals surface area contributed by atoms with Crippen LogP contribution in [0, 0.1) is 0 Å². The number of methoxy groups -OCH3 is 2. The normalized spacial score (nSPS) is 11.5. The molecule has 0 aliphatic heterocycles. The first-order valence-electron chi connectivity index (χ1n) is 10.1. The number of benzene rings is 2. The summed E-state index contributed by atoms with van der Waals surface area (Å²) in [5.41, 5.74) is 2.07. The molecule has 8 heteroatoms. The zero-order chi connectivity index (χ0) is 22.2. The maximum Gasteiger partial charge on any atom is 0.325 e. The van der Waals surface area contributed by atoms with Gasteiger partial charge in [-0.15, -0.1) is 0 Å². The number of thiazole rings is 1. The molecule has 3 rings (SSSR count). The number of carbonyl (C=O) groups is 2. The van der Waals surface area contributed by atoms with E-state index in [9.17, 15) is 9.59 Å². The first-order valence-corrected chi connectivity index (χ1v) is 10.9. The van der Waals surface area contributed by atoms with Crippen molar-refractivity contribution in [3.63, 3.8) is 0 Å². The Labute approximate surface area is 184 Å². The quantitative estimate of drug-likeness (QED) is 0.472. The third-order valence-electron chi connectivity index (χ3n) is 4.72. The van der Waals surface area contributed by atoms with Gasteiger partial charge in [0.1, 0.15) is 18.0 Å². The van der Waals surface area contributed by atoms with Crippen molar-refractivity contribution in [2.75, 3.05) is 20.8 Å². The number of aryl methyl sites for hydroxylation is 1. The van der Waals surface area contributed by atoms with E-state index < -0.39 is 11.9 Å². The van der Waals surface area contributed by atoms with Crippen LogP contribution in [0.1, 0.15) is 25.3 Å². The van der Waals surface area contributed by atoms with Crippen LogP contribution >= 0.6 is 11.3 Å². The predicted molar refractivity (Wildman–Crippen MR) is 120 cm³/mol. The highest BCUT2D eigenvalue weighted by Crippen LogP contribution is 2.21. The fourth-order valence-corrected chi connectivity index (χ4v) is 4.15. The molecule has 0 fully saturated rings. The molecule has 164 valence electrons. The molecule has 3 aromatic rings. The molecule has 0 spiro atoms. The van der Waals surface area contributed by atoms with Crippen LogP contribution in [0.4, 0.5) is 0 Å². The lowest BCUT2D eigenvalue weighted by Gasteiger charge is -2.06. The van der Waals surface area contributed by atoms with Crippen molar-refractivity contribution < 1.29 is 23.8 Å². The van der Waals surface area contributed by atoms with Crippen molar-refractivity contribution in [1.29, 1.82) is 0 Å². The van der Waals surface area contributed by atoms with Crippen LogP contribution in [-0.4, -0.2) is 37.3 Å². The summed E-state index contributed by atoms with van der Waals surface area (Å²) in [7, 11) is 2.92. The number of nitrogens with zero attached hydrogens (tertiary/aromatic N) is 2. The van der Waals surface area contributed by atoms with Gasteiger partial charge in [-0.2, -0.15) is 4.99 Å². The van der Waals surface area contributed by atoms with E-state index in [1.807, 2.05) is 6.07 Å². The Kier molecular flexibility index (Phi) is 7.83. The van der Waals surface area contributed by atoms with Crippen molar-refractivity contribution in [1.82, 2.24) is 4.57 Å². The van der Waals surface area contributed by atoms with E-state index in [4.69, 9.17) is 14.2 Å². The molecular weight excluding hydrogens is 416 g/mol. The molecule has 0 N–H and O–H groups in total. The largest absolute Gasteiger partial charge is 0.497 e. The smallest absolute Gasteiger partial charge is 0.325 e. The van der Waals surface area contributed by atoms with Gasteiger partial charge in [0, 0.05) is 0 Å². The minimum absolute atomic E-state index is 0.0176. The van der Waals surface area contributed by atoms with Gasteiger partial charge < -0.3 is 18.8 Å². The molecule has 0 saturated carbocycles. The number of unbranched alkanes of at least 4 members (excludes halogenated alkanes) is 1. The predicted octanol–water partition coefficient (Wildman–Crippen LogP) is 3.73. The lowest BCUT2D eigenvalue weighted by molar-refractivity contribution is -0.141. The molecular formula is C23H26N2O5S. The minimum atomic E-state index is -0.438. The molecule has 7 nitrogen and oxygen atoms in total. The second kappa shape index (κ2) is 10.8. The summed E-state index contributed by atoms with van der Waals surface area (Å²) < 4.78 is 18.1. The first kappa shape index (κ1) is 22.6. The molecule has 1 amide bonds. The van der Waals surface area contributed by atoms with Gasteiger partial charge in [0.2, 0.25) is 0 Å². The van der Waals surface area contributed by atoms with Crippen LogP contribution in [0.5, 0.6) is 11.5 Å². The summed E-state index contributed by atoms with van der Waals surface area (Å²) >= 11 is 1.37. The van der Waals surface area contributed by atoms with Crippen LogP contribution in [-0.2, 0) is 27.3 Å². The van der Waals surface area contributed by atoms with Crippen molar-refractivity contribution >= 4 is 33.4 Å². The molecule has 0 aliphatic rings. The Morgan fingerprint density at radius 2 is 1.81 bits per heavy atom. The standard InChI is InChI=1S/C23H26N2O5S/c1-4-5-6-16-7-12-19-20(13-16)31-23(25(19)14-22(27)29-3)24-21(26)15-30-18-10-8-17(28-2)9-11-18/h7-13H,4-6,14-15H2,1-3H3. The van der Waals surface area contributed by atoms with E-state index in [0.717, 1.165) is 29.5 Å². The molecule has 0 unspecified atom stereocenters. The van der Waals surface area contributed by atoms with Crippen LogP contribution in [0.3, 0.4) is 0 Å². The fraction of sp³-hybridized carbons (Fsp3) is 0.348. The number of ether oxygens (including phenoxy) is 3. The highest BCUT2D eigenvalue weighted by molar-refractivity contribution is 7.16. The summed E-state index contributed by atoms with van der Waals surface area (Å²) in [5, 5.41) is 0. The van der Waals surface area contributed by atoms with Crippen molar-refractivity contribution in [2.24, 2.45) is 4.99 Å². The van der Waals surface area contributed by atoms with Gasteiger partial charge in [-0.3, -0.25) is 9.59 Å². The average molecular weight is 443 g/mol. The zero-order valence-electron chi connectivity index (χ0n) is 17.9. The number of hydrogen-bond donors (Lipinski definition) is 0. The third kappa shape index (κ3) is 5.95. The molecule has 2 aromatic carbocycles. The fourth-order valence-electron chi connectivity index (χ4n) is 3.04. The van der Waals surface area contributed by atoms with E-state index in [0.29, 0.717) is 16.3 Å². The van der Waals surface area contributed by atoms with E-state index in [1.165, 1.54) is 24.0 Å². The molecule has 31 heavy (non-hydrogen) atoms. The number of fused-ring (bicyclic) bond motifs is 1. The Balaban J connectivity index is 1.86. The van der Waals surface area contributed by atoms with Gasteiger partial charge in [-0.1, -0.05) is 30.7 Å². The second-order valence-electron chi connectivity index (χ2n) is 6.92. The van der Waals surface area contributed by atoms with Gasteiger partial charge >= 0.3 is 5.97 Å². The van der Waals surface area contributed by atoms with Gasteiger partial charge in [-0.05, 0) is 54.8 Å². The van der Waals surface area contributed by atoms with Crippen molar-refractivity contribution in [3.8, 4) is 11.5 Å². The lowest BCUT2D eigenvalue weighted by atomic mass is 10.1. The minimum Gasteiger partial charge on any atom is -0.497 e. The van der Waals surface area contributed by atoms with Gasteiger partial charge in [0.25, 0.3) is 5.91 Å². The highest BCUT2D eigenvalue weighted by Gasteiger charge is 2.13. The Hall–Kier alpha value is -3.13. The first-order chi connectivity index (χ1) is 15.0. The van der Waals surface area contributed by atoms with Crippen LogP contribution in [0.25, 0.3) is 10.2 Å². The molecule has 0 radical (unpaired) electrons. The summed E-state index contributed by atoms with van der Waals surface area (Å²) in [5.74, 6) is 0.407. The highest BCUT2D eigenvalue weighted by atomic mass is 32.1. The van der Waals surface area contributed by atoms with Crippen LogP contribution < -0.4 is 14.3 Å². The molecule has 1 heterocycles. The Bertz CT molecular complexity index is 1120. The zero-order valence-corrected chi connectivity index (χ0v) is 18.7. The topological polar surface area (TPSA) is 79.1 Å². The summed E-state index contributed by atoms with van der Waals surface area (Å²) in [6.07, 6.45) is 3.22. The third-order valence-corrected chi connectivity index (χ3v) is 5.76. The number of carbonyl (C=O) groups excluding carboxylic acids is 2. The number of hydrogen-bond acceptors (Lipinski definition) is 6. The molecule has 0 bridgehead atoms. The maximum absolute atomic E-state index is 12.5. The van der Waals surface area contributed by atoms with Gasteiger partial charge in [-0.25, -0.2) is 0 Å². The van der Waals surface area contributed by atoms with E-state index in [1.54, 1.807) is 35.9 Å². The molecule has 0 aliphatic carbocycles.